The van der Waals surface area contributed by atoms with E-state index < -0.39 is 5.60 Å². The quantitative estimate of drug-likeness (QED) is 0.694. The van der Waals surface area contributed by atoms with Gasteiger partial charge in [0.25, 0.3) is 0 Å². The largest absolute Gasteiger partial charge is 0.389 e. The molecular weight excluding hydrogens is 194 g/mol. The van der Waals surface area contributed by atoms with Crippen molar-refractivity contribution in [1.82, 2.24) is 0 Å². The second kappa shape index (κ2) is 4.01. The van der Waals surface area contributed by atoms with Gasteiger partial charge < -0.3 is 20.3 Å². The first-order valence-electron chi connectivity index (χ1n) is 5.72. The first kappa shape index (κ1) is 11.3. The lowest BCUT2D eigenvalue weighted by Gasteiger charge is -2.42. The van der Waals surface area contributed by atoms with Crippen LogP contribution in [0, 0.1) is 5.92 Å². The molecule has 4 heteroatoms. The molecule has 0 radical (unpaired) electrons. The molecular formula is C11H21NO3. The van der Waals surface area contributed by atoms with Gasteiger partial charge in [-0.05, 0) is 25.7 Å². The third-order valence-electron chi connectivity index (χ3n) is 3.85. The zero-order chi connectivity index (χ0) is 10.9. The van der Waals surface area contributed by atoms with Gasteiger partial charge in [-0.25, -0.2) is 0 Å². The average Bonchev–Trinajstić information content (AvgIpc) is 2.66. The molecule has 2 aliphatic heterocycles. The molecule has 2 rings (SSSR count). The summed E-state index contributed by atoms with van der Waals surface area (Å²) in [6.45, 7) is 4.30. The number of aliphatic hydroxyl groups is 1. The predicted molar refractivity (Wildman–Crippen MR) is 56.5 cm³/mol. The summed E-state index contributed by atoms with van der Waals surface area (Å²) < 4.78 is 11.2. The molecule has 3 unspecified atom stereocenters. The van der Waals surface area contributed by atoms with Gasteiger partial charge >= 0.3 is 0 Å². The zero-order valence-electron chi connectivity index (χ0n) is 9.37. The van der Waals surface area contributed by atoms with Crippen LogP contribution in [0.1, 0.15) is 26.2 Å². The Morgan fingerprint density at radius 1 is 1.53 bits per heavy atom. The lowest BCUT2D eigenvalue weighted by molar-refractivity contribution is -0.135. The Balaban J connectivity index is 2.03. The standard InChI is InChI=1S/C11H21NO3/c1-10(13,7-12)9-2-4-15-11(6-9)3-5-14-8-11/h9,13H,2-8,12H2,1H3. The van der Waals surface area contributed by atoms with E-state index in [0.717, 1.165) is 25.9 Å². The van der Waals surface area contributed by atoms with Gasteiger partial charge in [-0.1, -0.05) is 0 Å². The van der Waals surface area contributed by atoms with Crippen molar-refractivity contribution in [2.45, 2.75) is 37.4 Å². The predicted octanol–water partition coefficient (Wildman–Crippen LogP) is 0.282. The molecule has 3 N–H and O–H groups in total. The number of rotatable bonds is 2. The Morgan fingerprint density at radius 2 is 2.33 bits per heavy atom. The maximum Gasteiger partial charge on any atom is 0.0940 e. The highest BCUT2D eigenvalue weighted by Gasteiger charge is 2.45. The molecule has 3 atom stereocenters. The van der Waals surface area contributed by atoms with Crippen LogP contribution in [-0.2, 0) is 9.47 Å². The van der Waals surface area contributed by atoms with E-state index in [4.69, 9.17) is 15.2 Å². The van der Waals surface area contributed by atoms with Crippen molar-refractivity contribution >= 4 is 0 Å². The first-order chi connectivity index (χ1) is 7.08. The normalized spacial score (nSPS) is 40.6. The number of ether oxygens (including phenoxy) is 2. The summed E-state index contributed by atoms with van der Waals surface area (Å²) >= 11 is 0. The Hall–Kier alpha value is -0.160. The molecule has 0 saturated carbocycles. The van der Waals surface area contributed by atoms with Gasteiger partial charge in [0.2, 0.25) is 0 Å². The fourth-order valence-corrected chi connectivity index (χ4v) is 2.59. The topological polar surface area (TPSA) is 64.7 Å². The summed E-state index contributed by atoms with van der Waals surface area (Å²) in [4.78, 5) is 0. The van der Waals surface area contributed by atoms with Crippen LogP contribution in [0.15, 0.2) is 0 Å². The Morgan fingerprint density at radius 3 is 2.93 bits per heavy atom. The maximum atomic E-state index is 10.2. The lowest BCUT2D eigenvalue weighted by atomic mass is 9.76. The minimum absolute atomic E-state index is 0.137. The van der Waals surface area contributed by atoms with E-state index in [-0.39, 0.29) is 11.5 Å². The molecule has 1 spiro atoms. The van der Waals surface area contributed by atoms with E-state index in [1.165, 1.54) is 0 Å². The summed E-state index contributed by atoms with van der Waals surface area (Å²) in [7, 11) is 0. The minimum atomic E-state index is -0.765. The van der Waals surface area contributed by atoms with Gasteiger partial charge in [-0.2, -0.15) is 0 Å². The summed E-state index contributed by atoms with van der Waals surface area (Å²) in [5.74, 6) is 0.234. The van der Waals surface area contributed by atoms with Gasteiger partial charge in [0.05, 0.1) is 17.8 Å². The fourth-order valence-electron chi connectivity index (χ4n) is 2.59. The second-order valence-corrected chi connectivity index (χ2v) is 5.09. The van der Waals surface area contributed by atoms with Crippen LogP contribution in [0.3, 0.4) is 0 Å². The summed E-state index contributed by atoms with van der Waals surface area (Å²) in [5, 5.41) is 10.2. The highest BCUT2D eigenvalue weighted by atomic mass is 16.6. The van der Waals surface area contributed by atoms with E-state index in [1.807, 2.05) is 6.92 Å². The third kappa shape index (κ3) is 2.18. The molecule has 2 fully saturated rings. The molecule has 0 aliphatic carbocycles. The zero-order valence-corrected chi connectivity index (χ0v) is 9.37. The van der Waals surface area contributed by atoms with Crippen LogP contribution in [0.25, 0.3) is 0 Å². The molecule has 88 valence electrons. The second-order valence-electron chi connectivity index (χ2n) is 5.09. The smallest absolute Gasteiger partial charge is 0.0940 e. The highest BCUT2D eigenvalue weighted by Crippen LogP contribution is 2.39. The Labute approximate surface area is 90.7 Å². The third-order valence-corrected chi connectivity index (χ3v) is 3.85. The van der Waals surface area contributed by atoms with Crippen LogP contribution in [-0.4, -0.2) is 42.7 Å². The lowest BCUT2D eigenvalue weighted by Crippen LogP contribution is -2.50. The molecule has 0 aromatic carbocycles. The molecule has 4 nitrogen and oxygen atoms in total. The molecule has 0 amide bonds. The Kier molecular flexibility index (Phi) is 3.03. The molecule has 0 aromatic heterocycles. The summed E-state index contributed by atoms with van der Waals surface area (Å²) in [6, 6.07) is 0. The summed E-state index contributed by atoms with van der Waals surface area (Å²) in [5.41, 5.74) is 4.70. The monoisotopic (exact) mass is 215 g/mol. The van der Waals surface area contributed by atoms with Crippen molar-refractivity contribution in [1.29, 1.82) is 0 Å². The Bertz CT molecular complexity index is 224. The van der Waals surface area contributed by atoms with Crippen molar-refractivity contribution in [3.63, 3.8) is 0 Å². The minimum Gasteiger partial charge on any atom is -0.389 e. The van der Waals surface area contributed by atoms with Crippen molar-refractivity contribution in [3.05, 3.63) is 0 Å². The highest BCUT2D eigenvalue weighted by molar-refractivity contribution is 4.96. The van der Waals surface area contributed by atoms with Crippen LogP contribution in [0.4, 0.5) is 0 Å². The van der Waals surface area contributed by atoms with Gasteiger partial charge in [-0.3, -0.25) is 0 Å². The van der Waals surface area contributed by atoms with Gasteiger partial charge in [-0.15, -0.1) is 0 Å². The number of hydrogen-bond acceptors (Lipinski definition) is 4. The fraction of sp³-hybridized carbons (Fsp3) is 1.00. The molecule has 2 aliphatic rings. The van der Waals surface area contributed by atoms with Crippen LogP contribution in [0.5, 0.6) is 0 Å². The SMILES string of the molecule is CC(O)(CN)C1CCOC2(CCOC2)C1. The van der Waals surface area contributed by atoms with Crippen molar-refractivity contribution < 1.29 is 14.6 Å². The molecule has 2 heterocycles. The van der Waals surface area contributed by atoms with Crippen molar-refractivity contribution in [2.24, 2.45) is 11.7 Å². The first-order valence-corrected chi connectivity index (χ1v) is 5.72. The summed E-state index contributed by atoms with van der Waals surface area (Å²) in [6.07, 6.45) is 2.72. The van der Waals surface area contributed by atoms with Crippen LogP contribution in [0.2, 0.25) is 0 Å². The molecule has 2 saturated heterocycles. The van der Waals surface area contributed by atoms with Gasteiger partial charge in [0.1, 0.15) is 0 Å². The van der Waals surface area contributed by atoms with Crippen LogP contribution >= 0.6 is 0 Å². The molecule has 0 aromatic rings. The molecule has 0 bridgehead atoms. The van der Waals surface area contributed by atoms with E-state index >= 15 is 0 Å². The maximum absolute atomic E-state index is 10.2. The molecule has 15 heavy (non-hydrogen) atoms. The average molecular weight is 215 g/mol. The van der Waals surface area contributed by atoms with Gasteiger partial charge in [0, 0.05) is 26.2 Å². The van der Waals surface area contributed by atoms with E-state index in [2.05, 4.69) is 0 Å². The number of nitrogens with two attached hydrogens (primary N) is 1. The van der Waals surface area contributed by atoms with E-state index in [0.29, 0.717) is 19.8 Å². The van der Waals surface area contributed by atoms with Crippen molar-refractivity contribution in [2.75, 3.05) is 26.4 Å². The van der Waals surface area contributed by atoms with Crippen molar-refractivity contribution in [3.8, 4) is 0 Å². The van der Waals surface area contributed by atoms with Gasteiger partial charge in [0.15, 0.2) is 0 Å². The van der Waals surface area contributed by atoms with E-state index in [9.17, 15) is 5.11 Å². The van der Waals surface area contributed by atoms with Crippen LogP contribution < -0.4 is 5.73 Å². The van der Waals surface area contributed by atoms with E-state index in [1.54, 1.807) is 0 Å². The number of hydrogen-bond donors (Lipinski definition) is 2.